The van der Waals surface area contributed by atoms with E-state index in [0.717, 1.165) is 5.92 Å². The van der Waals surface area contributed by atoms with Gasteiger partial charge in [0.25, 0.3) is 0 Å². The molecule has 2 atom stereocenters. The second kappa shape index (κ2) is 1.38. The van der Waals surface area contributed by atoms with E-state index in [1.54, 1.807) is 0 Å². The highest BCUT2D eigenvalue weighted by atomic mass is 14.9. The van der Waals surface area contributed by atoms with Gasteiger partial charge < -0.3 is 5.32 Å². The number of nitrogens with one attached hydrogen (secondary N) is 1. The lowest BCUT2D eigenvalue weighted by Crippen LogP contribution is -2.19. The molecule has 1 nitrogen and oxygen atoms in total. The van der Waals surface area contributed by atoms with E-state index in [4.69, 9.17) is 0 Å². The molecule has 0 aromatic rings. The monoisotopic (exact) mass is 107 g/mol. The van der Waals surface area contributed by atoms with Gasteiger partial charge in [0.1, 0.15) is 0 Å². The molecule has 0 saturated heterocycles. The maximum atomic E-state index is 3.25. The normalized spacial score (nSPS) is 40.0. The van der Waals surface area contributed by atoms with Crippen molar-refractivity contribution in [2.75, 3.05) is 0 Å². The Morgan fingerprint density at radius 1 is 1.38 bits per heavy atom. The molecule has 0 aromatic carbocycles. The lowest BCUT2D eigenvalue weighted by Gasteiger charge is -2.06. The van der Waals surface area contributed by atoms with Crippen molar-refractivity contribution >= 4 is 0 Å². The molecule has 0 fully saturated rings. The van der Waals surface area contributed by atoms with Crippen LogP contribution in [0.25, 0.3) is 0 Å². The summed E-state index contributed by atoms with van der Waals surface area (Å²) in [7, 11) is 0. The van der Waals surface area contributed by atoms with E-state index in [0.29, 0.717) is 6.04 Å². The highest BCUT2D eigenvalue weighted by molar-refractivity contribution is 5.17. The lowest BCUT2D eigenvalue weighted by molar-refractivity contribution is 0.602. The molecular formula is C7H9N. The van der Waals surface area contributed by atoms with E-state index in [1.807, 2.05) is 0 Å². The molecular weight excluding hydrogens is 98.1 g/mol. The van der Waals surface area contributed by atoms with Gasteiger partial charge in [0, 0.05) is 5.92 Å². The molecule has 2 rings (SSSR count). The minimum atomic E-state index is 0.634. The quantitative estimate of drug-likeness (QED) is 0.456. The molecule has 2 aliphatic rings. The molecule has 1 aliphatic carbocycles. The molecule has 0 saturated carbocycles. The van der Waals surface area contributed by atoms with Gasteiger partial charge in [-0.25, -0.2) is 0 Å². The molecule has 8 heavy (non-hydrogen) atoms. The molecule has 0 aromatic heterocycles. The van der Waals surface area contributed by atoms with Crippen molar-refractivity contribution in [1.82, 2.24) is 5.32 Å². The van der Waals surface area contributed by atoms with Crippen molar-refractivity contribution in [1.29, 1.82) is 0 Å². The van der Waals surface area contributed by atoms with Gasteiger partial charge in [-0.2, -0.15) is 0 Å². The zero-order chi connectivity index (χ0) is 5.40. The first-order valence-electron chi connectivity index (χ1n) is 3.06. The third-order valence-electron chi connectivity index (χ3n) is 1.85. The second-order valence-corrected chi connectivity index (χ2v) is 2.38. The first-order valence-corrected chi connectivity index (χ1v) is 3.06. The summed E-state index contributed by atoms with van der Waals surface area (Å²) in [5.41, 5.74) is 0. The van der Waals surface area contributed by atoms with Crippen LogP contribution in [0.2, 0.25) is 0 Å². The minimum Gasteiger partial charge on any atom is -0.384 e. The van der Waals surface area contributed by atoms with Crippen molar-refractivity contribution in [2.45, 2.75) is 12.5 Å². The molecule has 1 heterocycles. The van der Waals surface area contributed by atoms with Gasteiger partial charge in [-0.05, 0) is 12.6 Å². The Balaban J connectivity index is 2.20. The maximum absolute atomic E-state index is 3.25. The van der Waals surface area contributed by atoms with Crippen molar-refractivity contribution < 1.29 is 0 Å². The van der Waals surface area contributed by atoms with Crippen molar-refractivity contribution in [3.05, 3.63) is 24.4 Å². The number of allylic oxidation sites excluding steroid dienone is 1. The Kier molecular flexibility index (Phi) is 0.720. The van der Waals surface area contributed by atoms with Gasteiger partial charge in [0.05, 0.1) is 6.04 Å². The Morgan fingerprint density at radius 3 is 3.25 bits per heavy atom. The van der Waals surface area contributed by atoms with Crippen LogP contribution in [0.4, 0.5) is 0 Å². The molecule has 0 amide bonds. The minimum absolute atomic E-state index is 0.634. The summed E-state index contributed by atoms with van der Waals surface area (Å²) in [6.45, 7) is 0. The van der Waals surface area contributed by atoms with Gasteiger partial charge in [0.2, 0.25) is 0 Å². The summed E-state index contributed by atoms with van der Waals surface area (Å²) < 4.78 is 0. The zero-order valence-electron chi connectivity index (χ0n) is 4.67. The summed E-state index contributed by atoms with van der Waals surface area (Å²) in [6.07, 6.45) is 10.0. The van der Waals surface area contributed by atoms with E-state index >= 15 is 0 Å². The fraction of sp³-hybridized carbons (Fsp3) is 0.429. The number of hydrogen-bond acceptors (Lipinski definition) is 1. The van der Waals surface area contributed by atoms with Gasteiger partial charge in [0.15, 0.2) is 0 Å². The van der Waals surface area contributed by atoms with Crippen LogP contribution in [0, 0.1) is 5.92 Å². The summed E-state index contributed by atoms with van der Waals surface area (Å²) >= 11 is 0. The molecule has 2 unspecified atom stereocenters. The van der Waals surface area contributed by atoms with Gasteiger partial charge in [-0.15, -0.1) is 0 Å². The van der Waals surface area contributed by atoms with E-state index in [9.17, 15) is 0 Å². The van der Waals surface area contributed by atoms with E-state index in [2.05, 4.69) is 29.7 Å². The third kappa shape index (κ3) is 0.414. The number of hydrogen-bond donors (Lipinski definition) is 1. The first kappa shape index (κ1) is 4.19. The third-order valence-corrected chi connectivity index (χ3v) is 1.85. The topological polar surface area (TPSA) is 12.0 Å². The summed E-state index contributed by atoms with van der Waals surface area (Å²) in [4.78, 5) is 0. The molecule has 1 heteroatoms. The standard InChI is InChI=1S/C7H9N/c1-2-6-4-5-8-7(6)3-1/h1,3-8H,2H2. The first-order chi connectivity index (χ1) is 3.97. The molecule has 0 spiro atoms. The van der Waals surface area contributed by atoms with Crippen LogP contribution in [0.5, 0.6) is 0 Å². The highest BCUT2D eigenvalue weighted by Crippen LogP contribution is 2.23. The van der Waals surface area contributed by atoms with Crippen LogP contribution in [0.15, 0.2) is 24.4 Å². The molecule has 0 radical (unpaired) electrons. The Bertz CT molecular complexity index is 128. The van der Waals surface area contributed by atoms with Gasteiger partial charge in [-0.1, -0.05) is 18.2 Å². The summed E-state index contributed by atoms with van der Waals surface area (Å²) in [5, 5.41) is 3.25. The Labute approximate surface area is 49.1 Å². The summed E-state index contributed by atoms with van der Waals surface area (Å²) in [5.74, 6) is 0.773. The van der Waals surface area contributed by atoms with E-state index in [-0.39, 0.29) is 0 Å². The SMILES string of the molecule is C1=CC2NC=CC2C1. The van der Waals surface area contributed by atoms with Crippen molar-refractivity contribution in [2.24, 2.45) is 5.92 Å². The van der Waals surface area contributed by atoms with Crippen molar-refractivity contribution in [3.8, 4) is 0 Å². The van der Waals surface area contributed by atoms with Crippen molar-refractivity contribution in [3.63, 3.8) is 0 Å². The second-order valence-electron chi connectivity index (χ2n) is 2.38. The van der Waals surface area contributed by atoms with Crippen LogP contribution < -0.4 is 5.32 Å². The zero-order valence-corrected chi connectivity index (χ0v) is 4.67. The molecule has 42 valence electrons. The molecule has 1 N–H and O–H groups in total. The van der Waals surface area contributed by atoms with Crippen LogP contribution in [0.3, 0.4) is 0 Å². The fourth-order valence-electron chi connectivity index (χ4n) is 1.34. The number of rotatable bonds is 0. The Hall–Kier alpha value is -0.720. The van der Waals surface area contributed by atoms with Gasteiger partial charge >= 0.3 is 0 Å². The van der Waals surface area contributed by atoms with Crippen LogP contribution in [-0.2, 0) is 0 Å². The molecule has 1 aliphatic heterocycles. The maximum Gasteiger partial charge on any atom is 0.0505 e. The predicted octanol–water partition coefficient (Wildman–Crippen LogP) is 1.05. The number of fused-ring (bicyclic) bond motifs is 1. The average molecular weight is 107 g/mol. The fourth-order valence-corrected chi connectivity index (χ4v) is 1.34. The average Bonchev–Trinajstić information content (AvgIpc) is 2.15. The van der Waals surface area contributed by atoms with Crippen LogP contribution in [-0.4, -0.2) is 6.04 Å². The van der Waals surface area contributed by atoms with Crippen LogP contribution in [0.1, 0.15) is 6.42 Å². The Morgan fingerprint density at radius 2 is 2.38 bits per heavy atom. The van der Waals surface area contributed by atoms with Crippen LogP contribution >= 0.6 is 0 Å². The van der Waals surface area contributed by atoms with E-state index < -0.39 is 0 Å². The van der Waals surface area contributed by atoms with E-state index in [1.165, 1.54) is 6.42 Å². The van der Waals surface area contributed by atoms with Gasteiger partial charge in [-0.3, -0.25) is 0 Å². The lowest BCUT2D eigenvalue weighted by atomic mass is 10.1. The highest BCUT2D eigenvalue weighted by Gasteiger charge is 2.21. The summed E-state index contributed by atoms with van der Waals surface area (Å²) in [6, 6.07) is 0.634. The predicted molar refractivity (Wildman–Crippen MR) is 33.3 cm³/mol. The smallest absolute Gasteiger partial charge is 0.0505 e. The molecule has 0 bridgehead atoms. The largest absolute Gasteiger partial charge is 0.384 e.